The van der Waals surface area contributed by atoms with Crippen LogP contribution in [-0.2, 0) is 22.7 Å². The molecule has 4 saturated carbocycles. The Bertz CT molecular complexity index is 1210. The molecule has 3 aromatic rings. The molecule has 4 bridgehead atoms. The lowest BCUT2D eigenvalue weighted by Gasteiger charge is -2.55. The van der Waals surface area contributed by atoms with E-state index >= 15 is 0 Å². The molecule has 4 aliphatic carbocycles. The Morgan fingerprint density at radius 2 is 1.59 bits per heavy atom. The molecule has 6 nitrogen and oxygen atoms in total. The number of benzene rings is 2. The van der Waals surface area contributed by atoms with Gasteiger partial charge in [-0.1, -0.05) is 48.5 Å². The lowest BCUT2D eigenvalue weighted by molar-refractivity contribution is -0.146. The summed E-state index contributed by atoms with van der Waals surface area (Å²) in [5, 5.41) is 10.5. The lowest BCUT2D eigenvalue weighted by Crippen LogP contribution is -2.53. The van der Waals surface area contributed by atoms with Crippen LogP contribution in [-0.4, -0.2) is 28.1 Å². The van der Waals surface area contributed by atoms with E-state index in [0.717, 1.165) is 60.3 Å². The zero-order valence-electron chi connectivity index (χ0n) is 21.4. The van der Waals surface area contributed by atoms with E-state index in [2.05, 4.69) is 52.1 Å². The van der Waals surface area contributed by atoms with Crippen LogP contribution in [0.25, 0.3) is 11.1 Å². The van der Waals surface area contributed by atoms with Crippen LogP contribution < -0.4 is 10.6 Å². The van der Waals surface area contributed by atoms with Gasteiger partial charge in [0.2, 0.25) is 11.8 Å². The highest BCUT2D eigenvalue weighted by molar-refractivity contribution is 5.84. The molecule has 2 N–H and O–H groups in total. The van der Waals surface area contributed by atoms with Gasteiger partial charge in [0, 0.05) is 37.3 Å². The summed E-state index contributed by atoms with van der Waals surface area (Å²) in [4.78, 5) is 25.7. The van der Waals surface area contributed by atoms with E-state index in [-0.39, 0.29) is 17.2 Å². The Hall–Kier alpha value is -3.41. The third kappa shape index (κ3) is 5.20. The van der Waals surface area contributed by atoms with E-state index in [1.54, 1.807) is 6.20 Å². The summed E-state index contributed by atoms with van der Waals surface area (Å²) in [5.74, 6) is 2.39. The van der Waals surface area contributed by atoms with Gasteiger partial charge in [0.15, 0.2) is 0 Å². The van der Waals surface area contributed by atoms with Crippen molar-refractivity contribution in [1.82, 2.24) is 20.4 Å². The third-order valence-electron chi connectivity index (χ3n) is 8.82. The molecular weight excluding hydrogens is 460 g/mol. The quantitative estimate of drug-likeness (QED) is 0.441. The van der Waals surface area contributed by atoms with Gasteiger partial charge < -0.3 is 10.6 Å². The maximum Gasteiger partial charge on any atom is 0.226 e. The fraction of sp³-hybridized carbons (Fsp3) is 0.452. The molecule has 4 fully saturated rings. The van der Waals surface area contributed by atoms with Crippen molar-refractivity contribution in [3.05, 3.63) is 78.1 Å². The summed E-state index contributed by atoms with van der Waals surface area (Å²) in [7, 11) is 0. The largest absolute Gasteiger partial charge is 0.355 e. The first-order valence-electron chi connectivity index (χ1n) is 13.8. The number of nitrogens with zero attached hydrogens (tertiary/aromatic N) is 2. The number of nitrogens with one attached hydrogen (secondary N) is 2. The summed E-state index contributed by atoms with van der Waals surface area (Å²) in [6, 6.07) is 18.6. The Morgan fingerprint density at radius 3 is 2.27 bits per heavy atom. The molecule has 0 spiro atoms. The highest BCUT2D eigenvalue weighted by Gasteiger charge is 2.54. The molecule has 0 saturated heterocycles. The van der Waals surface area contributed by atoms with E-state index in [1.165, 1.54) is 24.8 Å². The second-order valence-corrected chi connectivity index (χ2v) is 11.5. The van der Waals surface area contributed by atoms with Crippen molar-refractivity contribution in [3.63, 3.8) is 0 Å². The molecule has 37 heavy (non-hydrogen) atoms. The number of hydrogen-bond donors (Lipinski definition) is 2. The average Bonchev–Trinajstić information content (AvgIpc) is 3.40. The Labute approximate surface area is 218 Å². The number of rotatable bonds is 9. The predicted molar refractivity (Wildman–Crippen MR) is 143 cm³/mol. The summed E-state index contributed by atoms with van der Waals surface area (Å²) < 4.78 is 1.91. The van der Waals surface area contributed by atoms with Crippen molar-refractivity contribution < 1.29 is 9.59 Å². The van der Waals surface area contributed by atoms with Gasteiger partial charge in [0.25, 0.3) is 0 Å². The Morgan fingerprint density at radius 1 is 0.892 bits per heavy atom. The van der Waals surface area contributed by atoms with Crippen molar-refractivity contribution in [2.45, 2.75) is 58.0 Å². The molecule has 4 aliphatic rings. The summed E-state index contributed by atoms with van der Waals surface area (Å²) in [6.45, 7) is 1.61. The van der Waals surface area contributed by atoms with Crippen LogP contribution in [0.15, 0.2) is 67.0 Å². The van der Waals surface area contributed by atoms with Crippen LogP contribution >= 0.6 is 0 Å². The van der Waals surface area contributed by atoms with Crippen LogP contribution in [0.2, 0.25) is 0 Å². The normalized spacial score (nSPS) is 25.7. The van der Waals surface area contributed by atoms with Crippen LogP contribution in [0.1, 0.15) is 56.1 Å². The second-order valence-electron chi connectivity index (χ2n) is 11.5. The number of hydrogen-bond acceptors (Lipinski definition) is 3. The molecule has 0 atom stereocenters. The Kier molecular flexibility index (Phi) is 6.58. The number of carbonyl (C=O) groups is 2. The summed E-state index contributed by atoms with van der Waals surface area (Å²) in [6.07, 6.45) is 11.2. The van der Waals surface area contributed by atoms with Gasteiger partial charge in [-0.15, -0.1) is 0 Å². The smallest absolute Gasteiger partial charge is 0.226 e. The highest BCUT2D eigenvalue weighted by atomic mass is 16.2. The standard InChI is InChI=1S/C31H36N4O2/c36-29(10-12-32-30(37)31-17-23-14-24(18-31)16-25(15-23)19-31)33-20-27-4-1-2-5-28(27)26-8-6-22(7-9-26)21-35-13-3-11-34-35/h1-9,11,13,23-25H,10,12,14-21H2,(H,32,37)(H,33,36). The minimum absolute atomic E-state index is 0.0322. The predicted octanol–water partition coefficient (Wildman–Crippen LogP) is 4.94. The molecule has 0 radical (unpaired) electrons. The molecular formula is C31H36N4O2. The first-order chi connectivity index (χ1) is 18.1. The zero-order valence-corrected chi connectivity index (χ0v) is 21.4. The van der Waals surface area contributed by atoms with E-state index in [0.29, 0.717) is 19.5 Å². The molecule has 7 rings (SSSR count). The third-order valence-corrected chi connectivity index (χ3v) is 8.82. The van der Waals surface area contributed by atoms with Crippen LogP contribution in [0.5, 0.6) is 0 Å². The average molecular weight is 497 g/mol. The minimum atomic E-state index is -0.155. The van der Waals surface area contributed by atoms with Crippen LogP contribution in [0.4, 0.5) is 0 Å². The van der Waals surface area contributed by atoms with Crippen molar-refractivity contribution in [2.24, 2.45) is 23.2 Å². The van der Waals surface area contributed by atoms with Gasteiger partial charge in [-0.25, -0.2) is 0 Å². The molecule has 6 heteroatoms. The number of amides is 2. The highest BCUT2D eigenvalue weighted by Crippen LogP contribution is 2.60. The van der Waals surface area contributed by atoms with Gasteiger partial charge in [-0.05, 0) is 84.6 Å². The van der Waals surface area contributed by atoms with E-state index in [1.807, 2.05) is 29.1 Å². The van der Waals surface area contributed by atoms with Crippen molar-refractivity contribution in [3.8, 4) is 11.1 Å². The topological polar surface area (TPSA) is 76.0 Å². The van der Waals surface area contributed by atoms with Crippen molar-refractivity contribution in [1.29, 1.82) is 0 Å². The molecule has 1 heterocycles. The summed E-state index contributed by atoms with van der Waals surface area (Å²) in [5.41, 5.74) is 4.35. The molecule has 192 valence electrons. The lowest BCUT2D eigenvalue weighted by atomic mass is 9.49. The van der Waals surface area contributed by atoms with Crippen LogP contribution in [0, 0.1) is 23.2 Å². The molecule has 2 amide bonds. The Balaban J connectivity index is 1.00. The van der Waals surface area contributed by atoms with Gasteiger partial charge in [0.1, 0.15) is 0 Å². The van der Waals surface area contributed by atoms with Crippen LogP contribution in [0.3, 0.4) is 0 Å². The van der Waals surface area contributed by atoms with Crippen molar-refractivity contribution in [2.75, 3.05) is 6.54 Å². The molecule has 1 aromatic heterocycles. The van der Waals surface area contributed by atoms with E-state index < -0.39 is 0 Å². The SMILES string of the molecule is O=C(CCNC(=O)C12CC3CC(CC(C3)C1)C2)NCc1ccccc1-c1ccc(Cn2cccn2)cc1. The van der Waals surface area contributed by atoms with Gasteiger partial charge >= 0.3 is 0 Å². The van der Waals surface area contributed by atoms with Gasteiger partial charge in [-0.2, -0.15) is 5.10 Å². The van der Waals surface area contributed by atoms with Gasteiger partial charge in [-0.3, -0.25) is 14.3 Å². The second kappa shape index (κ2) is 10.2. The van der Waals surface area contributed by atoms with Gasteiger partial charge in [0.05, 0.1) is 6.54 Å². The maximum absolute atomic E-state index is 13.1. The fourth-order valence-corrected chi connectivity index (χ4v) is 7.47. The molecule has 0 aliphatic heterocycles. The number of carbonyl (C=O) groups excluding carboxylic acids is 2. The first-order valence-corrected chi connectivity index (χ1v) is 13.8. The van der Waals surface area contributed by atoms with Crippen molar-refractivity contribution >= 4 is 11.8 Å². The van der Waals surface area contributed by atoms with E-state index in [9.17, 15) is 9.59 Å². The molecule has 0 unspecified atom stereocenters. The zero-order chi connectivity index (χ0) is 25.2. The minimum Gasteiger partial charge on any atom is -0.355 e. The first kappa shape index (κ1) is 24.0. The summed E-state index contributed by atoms with van der Waals surface area (Å²) >= 11 is 0. The maximum atomic E-state index is 13.1. The van der Waals surface area contributed by atoms with E-state index in [4.69, 9.17) is 0 Å². The monoisotopic (exact) mass is 496 g/mol. The fourth-order valence-electron chi connectivity index (χ4n) is 7.47. The number of aromatic nitrogens is 2. The molecule has 2 aromatic carbocycles.